The number of amides is 1. The van der Waals surface area contributed by atoms with Gasteiger partial charge >= 0.3 is 0 Å². The van der Waals surface area contributed by atoms with Gasteiger partial charge in [-0.1, -0.05) is 0 Å². The van der Waals surface area contributed by atoms with Crippen molar-refractivity contribution in [3.8, 4) is 0 Å². The van der Waals surface area contributed by atoms with Crippen molar-refractivity contribution in [1.82, 2.24) is 9.62 Å². The molecule has 0 radical (unpaired) electrons. The topological polar surface area (TPSA) is 102 Å². The molecule has 0 aromatic carbocycles. The van der Waals surface area contributed by atoms with Crippen molar-refractivity contribution >= 4 is 15.9 Å². The molecule has 8 heteroatoms. The lowest BCUT2D eigenvalue weighted by Crippen LogP contribution is -2.52. The van der Waals surface area contributed by atoms with Crippen molar-refractivity contribution in [2.45, 2.75) is 37.8 Å². The van der Waals surface area contributed by atoms with Gasteiger partial charge in [0.2, 0.25) is 15.9 Å². The summed E-state index contributed by atoms with van der Waals surface area (Å²) in [5.74, 6) is -0.678. The fourth-order valence-corrected chi connectivity index (χ4v) is 4.68. The third kappa shape index (κ3) is 4.15. The summed E-state index contributed by atoms with van der Waals surface area (Å²) in [5.41, 5.74) is 5.21. The third-order valence-corrected chi connectivity index (χ3v) is 5.70. The molecule has 1 amide bonds. The second-order valence-corrected chi connectivity index (χ2v) is 7.39. The van der Waals surface area contributed by atoms with Gasteiger partial charge in [0, 0.05) is 19.2 Å². The number of ether oxygens (including phenoxy) is 1. The summed E-state index contributed by atoms with van der Waals surface area (Å²) in [6.07, 6.45) is 3.04. The van der Waals surface area contributed by atoms with Crippen LogP contribution >= 0.6 is 0 Å². The summed E-state index contributed by atoms with van der Waals surface area (Å²) < 4.78 is 31.7. The van der Waals surface area contributed by atoms with E-state index < -0.39 is 15.9 Å². The first-order chi connectivity index (χ1) is 9.49. The Bertz CT molecular complexity index is 428. The number of rotatable bonds is 6. The maximum Gasteiger partial charge on any atom is 0.232 e. The maximum absolute atomic E-state index is 12.5. The Hall–Kier alpha value is -0.700. The van der Waals surface area contributed by atoms with Crippen LogP contribution in [0.5, 0.6) is 0 Å². The lowest BCUT2D eigenvalue weighted by Gasteiger charge is -2.33. The Morgan fingerprint density at radius 2 is 2.15 bits per heavy atom. The lowest BCUT2D eigenvalue weighted by atomic mass is 10.1. The van der Waals surface area contributed by atoms with Crippen molar-refractivity contribution < 1.29 is 17.9 Å². The highest BCUT2D eigenvalue weighted by Crippen LogP contribution is 2.20. The molecule has 2 unspecified atom stereocenters. The zero-order chi connectivity index (χ0) is 14.6. The molecule has 2 rings (SSSR count). The summed E-state index contributed by atoms with van der Waals surface area (Å²) in [4.78, 5) is 11.2. The molecule has 20 heavy (non-hydrogen) atoms. The van der Waals surface area contributed by atoms with Crippen molar-refractivity contribution in [3.63, 3.8) is 0 Å². The van der Waals surface area contributed by atoms with Crippen molar-refractivity contribution in [3.05, 3.63) is 0 Å². The van der Waals surface area contributed by atoms with Crippen LogP contribution in [-0.2, 0) is 19.6 Å². The summed E-state index contributed by atoms with van der Waals surface area (Å²) >= 11 is 0. The van der Waals surface area contributed by atoms with Crippen molar-refractivity contribution in [2.24, 2.45) is 5.73 Å². The molecule has 2 atom stereocenters. The molecule has 7 nitrogen and oxygen atoms in total. The number of carbonyl (C=O) groups is 1. The van der Waals surface area contributed by atoms with Gasteiger partial charge in [-0.05, 0) is 32.2 Å². The van der Waals surface area contributed by atoms with Crippen LogP contribution < -0.4 is 11.1 Å². The summed E-state index contributed by atoms with van der Waals surface area (Å²) in [6.45, 7) is 1.81. The molecule has 0 aliphatic carbocycles. The highest BCUT2D eigenvalue weighted by molar-refractivity contribution is 7.89. The van der Waals surface area contributed by atoms with Crippen LogP contribution in [-0.4, -0.2) is 62.8 Å². The van der Waals surface area contributed by atoms with Crippen LogP contribution in [0.1, 0.15) is 25.7 Å². The molecule has 2 aliphatic heterocycles. The van der Waals surface area contributed by atoms with Gasteiger partial charge in [-0.2, -0.15) is 4.31 Å². The molecule has 3 N–H and O–H groups in total. The van der Waals surface area contributed by atoms with Crippen molar-refractivity contribution in [1.29, 1.82) is 0 Å². The van der Waals surface area contributed by atoms with E-state index in [0.29, 0.717) is 13.2 Å². The zero-order valence-corrected chi connectivity index (χ0v) is 12.4. The average Bonchev–Trinajstić information content (AvgIpc) is 2.88. The largest absolute Gasteiger partial charge is 0.377 e. The summed E-state index contributed by atoms with van der Waals surface area (Å²) in [7, 11) is -3.53. The predicted octanol–water partition coefficient (Wildman–Crippen LogP) is -0.965. The number of sulfonamides is 1. The number of carbonyl (C=O) groups excluding carboxylic acids is 1. The summed E-state index contributed by atoms with van der Waals surface area (Å²) in [6, 6.07) is -0.192. The zero-order valence-electron chi connectivity index (χ0n) is 11.6. The van der Waals surface area contributed by atoms with Gasteiger partial charge in [0.15, 0.2) is 0 Å². The predicted molar refractivity (Wildman–Crippen MR) is 74.6 cm³/mol. The molecule has 116 valence electrons. The lowest BCUT2D eigenvalue weighted by molar-refractivity contribution is -0.118. The van der Waals surface area contributed by atoms with E-state index in [-0.39, 0.29) is 24.4 Å². The smallest absolute Gasteiger partial charge is 0.232 e. The first-order valence-electron chi connectivity index (χ1n) is 7.09. The Morgan fingerprint density at radius 1 is 1.35 bits per heavy atom. The molecule has 2 heterocycles. The number of primary amides is 1. The molecule has 2 fully saturated rings. The second-order valence-electron chi connectivity index (χ2n) is 5.43. The number of piperidine rings is 1. The Balaban J connectivity index is 2.08. The number of hydrogen-bond acceptors (Lipinski definition) is 5. The number of nitrogens with one attached hydrogen (secondary N) is 1. The molecule has 0 bridgehead atoms. The van der Waals surface area contributed by atoms with Crippen LogP contribution in [0.15, 0.2) is 0 Å². The number of nitrogens with zero attached hydrogens (tertiary/aromatic N) is 1. The quantitative estimate of drug-likeness (QED) is 0.658. The van der Waals surface area contributed by atoms with E-state index in [1.165, 1.54) is 4.31 Å². The van der Waals surface area contributed by atoms with E-state index in [4.69, 9.17) is 10.5 Å². The average molecular weight is 305 g/mol. The van der Waals surface area contributed by atoms with Gasteiger partial charge < -0.3 is 15.8 Å². The third-order valence-electron chi connectivity index (χ3n) is 3.77. The minimum Gasteiger partial charge on any atom is -0.377 e. The molecule has 2 saturated heterocycles. The maximum atomic E-state index is 12.5. The highest BCUT2D eigenvalue weighted by Gasteiger charge is 2.34. The van der Waals surface area contributed by atoms with Gasteiger partial charge in [-0.25, -0.2) is 8.42 Å². The molecule has 2 aliphatic rings. The van der Waals surface area contributed by atoms with Gasteiger partial charge in [-0.3, -0.25) is 4.79 Å². The Labute approximate surface area is 119 Å². The summed E-state index contributed by atoms with van der Waals surface area (Å²) in [5, 5.41) is 3.16. The second kappa shape index (κ2) is 6.84. The van der Waals surface area contributed by atoms with Gasteiger partial charge in [-0.15, -0.1) is 0 Å². The minimum absolute atomic E-state index is 0.0587. The fourth-order valence-electron chi connectivity index (χ4n) is 2.79. The molecule has 0 spiro atoms. The van der Waals surface area contributed by atoms with Gasteiger partial charge in [0.25, 0.3) is 0 Å². The minimum atomic E-state index is -3.53. The van der Waals surface area contributed by atoms with E-state index in [9.17, 15) is 13.2 Å². The standard InChI is InChI=1S/C12H23N3O4S/c13-12(16)8-15(10-3-1-5-14-7-10)20(17,18)9-11-4-2-6-19-11/h10-11,14H,1-9H2,(H2,13,16). The number of hydrogen-bond donors (Lipinski definition) is 2. The van der Waals surface area contributed by atoms with E-state index >= 15 is 0 Å². The van der Waals surface area contributed by atoms with Crippen LogP contribution in [0.3, 0.4) is 0 Å². The van der Waals surface area contributed by atoms with E-state index in [1.807, 2.05) is 0 Å². The molecular formula is C12H23N3O4S. The Morgan fingerprint density at radius 3 is 2.70 bits per heavy atom. The van der Waals surface area contributed by atoms with Crippen LogP contribution in [0, 0.1) is 0 Å². The first-order valence-corrected chi connectivity index (χ1v) is 8.70. The SMILES string of the molecule is NC(=O)CN(C1CCCNC1)S(=O)(=O)CC1CCCO1. The highest BCUT2D eigenvalue weighted by atomic mass is 32.2. The molecule has 0 aromatic rings. The first kappa shape index (κ1) is 15.7. The van der Waals surface area contributed by atoms with E-state index in [2.05, 4.69) is 5.32 Å². The number of nitrogens with two attached hydrogens (primary N) is 1. The molecular weight excluding hydrogens is 282 g/mol. The van der Waals surface area contributed by atoms with Gasteiger partial charge in [0.1, 0.15) is 0 Å². The van der Waals surface area contributed by atoms with E-state index in [0.717, 1.165) is 32.2 Å². The van der Waals surface area contributed by atoms with Crippen molar-refractivity contribution in [2.75, 3.05) is 32.0 Å². The monoisotopic (exact) mass is 305 g/mol. The fraction of sp³-hybridized carbons (Fsp3) is 0.917. The van der Waals surface area contributed by atoms with Gasteiger partial charge in [0.05, 0.1) is 18.4 Å². The van der Waals surface area contributed by atoms with Crippen LogP contribution in [0.4, 0.5) is 0 Å². The molecule has 0 saturated carbocycles. The normalized spacial score (nSPS) is 27.9. The Kier molecular flexibility index (Phi) is 5.36. The van der Waals surface area contributed by atoms with Crippen LogP contribution in [0.2, 0.25) is 0 Å². The van der Waals surface area contributed by atoms with E-state index in [1.54, 1.807) is 0 Å². The molecule has 0 aromatic heterocycles. The van der Waals surface area contributed by atoms with Crippen LogP contribution in [0.25, 0.3) is 0 Å².